The zero-order valence-corrected chi connectivity index (χ0v) is 16.8. The molecule has 26 heavy (non-hydrogen) atoms. The van der Waals surface area contributed by atoms with Crippen LogP contribution in [0.5, 0.6) is 0 Å². The van der Waals surface area contributed by atoms with Crippen LogP contribution in [0.4, 0.5) is 5.82 Å². The normalized spacial score (nSPS) is 20.7. The SMILES string of the molecule is Cc1sc2ncnc(N3CCC(C(=O)NC4(C)CCCC4)CC3)c2c1C. The second kappa shape index (κ2) is 6.80. The summed E-state index contributed by atoms with van der Waals surface area (Å²) in [6, 6.07) is 0. The molecule has 0 spiro atoms. The van der Waals surface area contributed by atoms with Crippen molar-refractivity contribution in [1.29, 1.82) is 0 Å². The van der Waals surface area contributed by atoms with Gasteiger partial charge in [-0.1, -0.05) is 12.8 Å². The van der Waals surface area contributed by atoms with E-state index in [0.717, 1.165) is 49.4 Å². The maximum atomic E-state index is 12.7. The number of anilines is 1. The van der Waals surface area contributed by atoms with E-state index in [2.05, 4.69) is 41.0 Å². The number of piperidine rings is 1. The number of aryl methyl sites for hydroxylation is 2. The summed E-state index contributed by atoms with van der Waals surface area (Å²) in [6.45, 7) is 8.27. The smallest absolute Gasteiger partial charge is 0.223 e. The van der Waals surface area contributed by atoms with Crippen molar-refractivity contribution in [2.24, 2.45) is 5.92 Å². The first-order valence-electron chi connectivity index (χ1n) is 9.74. The highest BCUT2D eigenvalue weighted by molar-refractivity contribution is 7.18. The molecule has 5 nitrogen and oxygen atoms in total. The van der Waals surface area contributed by atoms with Crippen LogP contribution in [0.15, 0.2) is 6.33 Å². The fourth-order valence-electron chi connectivity index (χ4n) is 4.44. The number of rotatable bonds is 3. The van der Waals surface area contributed by atoms with Crippen molar-refractivity contribution >= 4 is 33.3 Å². The van der Waals surface area contributed by atoms with Gasteiger partial charge in [0.15, 0.2) is 0 Å². The van der Waals surface area contributed by atoms with Gasteiger partial charge in [0.2, 0.25) is 5.91 Å². The highest BCUT2D eigenvalue weighted by atomic mass is 32.1. The summed E-state index contributed by atoms with van der Waals surface area (Å²) in [5.74, 6) is 1.43. The van der Waals surface area contributed by atoms with Gasteiger partial charge in [0.1, 0.15) is 17.0 Å². The molecule has 0 aromatic carbocycles. The van der Waals surface area contributed by atoms with E-state index in [1.54, 1.807) is 17.7 Å². The van der Waals surface area contributed by atoms with Crippen molar-refractivity contribution < 1.29 is 4.79 Å². The average molecular weight is 373 g/mol. The Bertz CT molecular complexity index is 817. The summed E-state index contributed by atoms with van der Waals surface area (Å²) in [5.41, 5.74) is 1.31. The Hall–Kier alpha value is -1.69. The van der Waals surface area contributed by atoms with Crippen LogP contribution in [-0.2, 0) is 4.79 Å². The quantitative estimate of drug-likeness (QED) is 0.885. The zero-order chi connectivity index (χ0) is 18.3. The number of amides is 1. The Labute approximate surface area is 159 Å². The number of fused-ring (bicyclic) bond motifs is 1. The van der Waals surface area contributed by atoms with Gasteiger partial charge >= 0.3 is 0 Å². The summed E-state index contributed by atoms with van der Waals surface area (Å²) in [7, 11) is 0. The molecule has 2 aromatic rings. The van der Waals surface area contributed by atoms with E-state index in [4.69, 9.17) is 0 Å². The minimum absolute atomic E-state index is 0.0261. The number of hydrogen-bond acceptors (Lipinski definition) is 5. The largest absolute Gasteiger partial charge is 0.356 e. The molecule has 2 fully saturated rings. The molecule has 0 atom stereocenters. The molecule has 1 saturated carbocycles. The third kappa shape index (κ3) is 3.20. The molecule has 1 aliphatic carbocycles. The lowest BCUT2D eigenvalue weighted by molar-refractivity contribution is -0.127. The van der Waals surface area contributed by atoms with E-state index in [-0.39, 0.29) is 17.4 Å². The molecule has 2 aliphatic rings. The Morgan fingerprint density at radius 1 is 1.23 bits per heavy atom. The monoisotopic (exact) mass is 372 g/mol. The summed E-state index contributed by atoms with van der Waals surface area (Å²) < 4.78 is 0. The molecule has 4 rings (SSSR count). The van der Waals surface area contributed by atoms with Gasteiger partial charge in [-0.25, -0.2) is 9.97 Å². The van der Waals surface area contributed by atoms with Gasteiger partial charge in [0, 0.05) is 29.4 Å². The van der Waals surface area contributed by atoms with E-state index >= 15 is 0 Å². The standard InChI is InChI=1S/C20H28N4OS/c1-13-14(2)26-19-16(13)17(21-12-22-19)24-10-6-15(7-11-24)18(25)23-20(3)8-4-5-9-20/h12,15H,4-11H2,1-3H3,(H,23,25). The Balaban J connectivity index is 1.45. The van der Waals surface area contributed by atoms with E-state index in [9.17, 15) is 4.79 Å². The van der Waals surface area contributed by atoms with Crippen LogP contribution < -0.4 is 10.2 Å². The van der Waals surface area contributed by atoms with Gasteiger partial charge < -0.3 is 10.2 Å². The molecule has 0 unspecified atom stereocenters. The maximum absolute atomic E-state index is 12.7. The second-order valence-electron chi connectivity index (χ2n) is 8.18. The summed E-state index contributed by atoms with van der Waals surface area (Å²) in [4.78, 5) is 26.5. The molecule has 0 bridgehead atoms. The van der Waals surface area contributed by atoms with Gasteiger partial charge in [-0.2, -0.15) is 0 Å². The Morgan fingerprint density at radius 3 is 2.62 bits per heavy atom. The average Bonchev–Trinajstić information content (AvgIpc) is 3.18. The van der Waals surface area contributed by atoms with Gasteiger partial charge in [0.25, 0.3) is 0 Å². The van der Waals surface area contributed by atoms with Crippen LogP contribution in [0, 0.1) is 19.8 Å². The second-order valence-corrected chi connectivity index (χ2v) is 9.38. The number of carbonyl (C=O) groups is 1. The van der Waals surface area contributed by atoms with Crippen molar-refractivity contribution in [1.82, 2.24) is 15.3 Å². The predicted molar refractivity (Wildman–Crippen MR) is 107 cm³/mol. The number of hydrogen-bond donors (Lipinski definition) is 1. The van der Waals surface area contributed by atoms with Gasteiger partial charge in [-0.3, -0.25) is 4.79 Å². The van der Waals surface area contributed by atoms with Crippen molar-refractivity contribution in [3.05, 3.63) is 16.8 Å². The number of carbonyl (C=O) groups excluding carboxylic acids is 1. The highest BCUT2D eigenvalue weighted by Gasteiger charge is 2.34. The van der Waals surface area contributed by atoms with Crippen molar-refractivity contribution in [3.63, 3.8) is 0 Å². The first-order chi connectivity index (χ1) is 12.5. The topological polar surface area (TPSA) is 58.1 Å². The fourth-order valence-corrected chi connectivity index (χ4v) is 5.43. The van der Waals surface area contributed by atoms with E-state index in [0.29, 0.717) is 0 Å². The number of nitrogens with zero attached hydrogens (tertiary/aromatic N) is 3. The molecule has 1 N–H and O–H groups in total. The highest BCUT2D eigenvalue weighted by Crippen LogP contribution is 2.36. The molecule has 1 saturated heterocycles. The molecular formula is C20H28N4OS. The van der Waals surface area contributed by atoms with Crippen LogP contribution >= 0.6 is 11.3 Å². The summed E-state index contributed by atoms with van der Waals surface area (Å²) in [5, 5.41) is 4.53. The molecule has 3 heterocycles. The lowest BCUT2D eigenvalue weighted by atomic mass is 9.93. The third-order valence-electron chi connectivity index (χ3n) is 6.24. The van der Waals surface area contributed by atoms with E-state index in [1.165, 1.54) is 28.7 Å². The van der Waals surface area contributed by atoms with E-state index in [1.807, 2.05) is 0 Å². The molecule has 140 valence electrons. The van der Waals surface area contributed by atoms with Crippen molar-refractivity contribution in [2.75, 3.05) is 18.0 Å². The molecule has 0 radical (unpaired) electrons. The molecule has 2 aromatic heterocycles. The Morgan fingerprint density at radius 2 is 1.92 bits per heavy atom. The van der Waals surface area contributed by atoms with Crippen molar-refractivity contribution in [2.45, 2.75) is 64.8 Å². The molecule has 1 amide bonds. The molecular weight excluding hydrogens is 344 g/mol. The molecule has 1 aliphatic heterocycles. The van der Waals surface area contributed by atoms with Gasteiger partial charge in [-0.15, -0.1) is 11.3 Å². The first kappa shape index (κ1) is 17.7. The summed E-state index contributed by atoms with van der Waals surface area (Å²) in [6.07, 6.45) is 8.18. The van der Waals surface area contributed by atoms with Gasteiger partial charge in [0.05, 0.1) is 5.39 Å². The van der Waals surface area contributed by atoms with Gasteiger partial charge in [-0.05, 0) is 52.0 Å². The predicted octanol–water partition coefficient (Wildman–Crippen LogP) is 3.97. The number of nitrogens with one attached hydrogen (secondary N) is 1. The number of aromatic nitrogens is 2. The lowest BCUT2D eigenvalue weighted by Crippen LogP contribution is -2.48. The van der Waals surface area contributed by atoms with Crippen LogP contribution in [0.2, 0.25) is 0 Å². The van der Waals surface area contributed by atoms with Crippen molar-refractivity contribution in [3.8, 4) is 0 Å². The zero-order valence-electron chi connectivity index (χ0n) is 16.0. The number of thiophene rings is 1. The Kier molecular flexibility index (Phi) is 4.63. The molecule has 6 heteroatoms. The summed E-state index contributed by atoms with van der Waals surface area (Å²) >= 11 is 1.74. The van der Waals surface area contributed by atoms with Crippen LogP contribution in [-0.4, -0.2) is 34.5 Å². The maximum Gasteiger partial charge on any atom is 0.223 e. The first-order valence-corrected chi connectivity index (χ1v) is 10.6. The fraction of sp³-hybridized carbons (Fsp3) is 0.650. The third-order valence-corrected chi connectivity index (χ3v) is 7.36. The van der Waals surface area contributed by atoms with Crippen LogP contribution in [0.1, 0.15) is 55.9 Å². The van der Waals surface area contributed by atoms with E-state index < -0.39 is 0 Å². The van der Waals surface area contributed by atoms with Crippen LogP contribution in [0.25, 0.3) is 10.2 Å². The van der Waals surface area contributed by atoms with Crippen LogP contribution in [0.3, 0.4) is 0 Å². The lowest BCUT2D eigenvalue weighted by Gasteiger charge is -2.34. The minimum Gasteiger partial charge on any atom is -0.356 e. The minimum atomic E-state index is 0.0261.